The summed E-state index contributed by atoms with van der Waals surface area (Å²) >= 11 is 0. The maximum absolute atomic E-state index is 12.3. The van der Waals surface area contributed by atoms with Crippen LogP contribution in [0.4, 0.5) is 11.4 Å². The molecular formula is C15H16N2O4. The molecule has 2 aromatic rings. The van der Waals surface area contributed by atoms with E-state index in [1.807, 2.05) is 0 Å². The topological polar surface area (TPSA) is 93.8 Å². The van der Waals surface area contributed by atoms with Crippen LogP contribution in [0.1, 0.15) is 10.4 Å². The van der Waals surface area contributed by atoms with Crippen LogP contribution in [0, 0.1) is 0 Å². The van der Waals surface area contributed by atoms with E-state index in [1.165, 1.54) is 32.4 Å². The molecule has 4 N–H and O–H groups in total. The fourth-order valence-electron chi connectivity index (χ4n) is 1.86. The Morgan fingerprint density at radius 2 is 1.95 bits per heavy atom. The molecule has 0 aliphatic heterocycles. The van der Waals surface area contributed by atoms with Crippen LogP contribution in [0.2, 0.25) is 0 Å². The Bertz CT molecular complexity index is 671. The van der Waals surface area contributed by atoms with Crippen molar-refractivity contribution in [2.75, 3.05) is 25.3 Å². The van der Waals surface area contributed by atoms with E-state index in [4.69, 9.17) is 15.2 Å². The minimum Gasteiger partial charge on any atom is -0.508 e. The van der Waals surface area contributed by atoms with Gasteiger partial charge in [0.2, 0.25) is 0 Å². The highest BCUT2D eigenvalue weighted by Crippen LogP contribution is 2.31. The number of ether oxygens (including phenoxy) is 2. The maximum Gasteiger partial charge on any atom is 0.258 e. The van der Waals surface area contributed by atoms with Gasteiger partial charge >= 0.3 is 0 Å². The van der Waals surface area contributed by atoms with Crippen LogP contribution in [0.25, 0.3) is 0 Å². The summed E-state index contributed by atoms with van der Waals surface area (Å²) in [6.45, 7) is 0. The lowest BCUT2D eigenvalue weighted by molar-refractivity contribution is 0.102. The summed E-state index contributed by atoms with van der Waals surface area (Å²) in [5.41, 5.74) is 6.82. The van der Waals surface area contributed by atoms with Gasteiger partial charge in [-0.2, -0.15) is 0 Å². The summed E-state index contributed by atoms with van der Waals surface area (Å²) in [5, 5.41) is 12.1. The number of nitrogens with one attached hydrogen (secondary N) is 1. The summed E-state index contributed by atoms with van der Waals surface area (Å²) < 4.78 is 10.2. The number of carbonyl (C=O) groups is 1. The van der Waals surface area contributed by atoms with Crippen molar-refractivity contribution in [1.82, 2.24) is 0 Å². The molecular weight excluding hydrogens is 272 g/mol. The lowest BCUT2D eigenvalue weighted by atomic mass is 10.1. The van der Waals surface area contributed by atoms with Crippen LogP contribution < -0.4 is 20.5 Å². The van der Waals surface area contributed by atoms with Crippen molar-refractivity contribution in [1.29, 1.82) is 0 Å². The van der Waals surface area contributed by atoms with Gasteiger partial charge in [-0.15, -0.1) is 0 Å². The monoisotopic (exact) mass is 288 g/mol. The molecule has 0 heterocycles. The van der Waals surface area contributed by atoms with Crippen LogP contribution >= 0.6 is 0 Å². The SMILES string of the molecule is COc1cc(OC)c(N)c(C(=O)Nc2cccc(O)c2)c1. The van der Waals surface area contributed by atoms with E-state index in [9.17, 15) is 9.90 Å². The Kier molecular flexibility index (Phi) is 4.18. The fraction of sp³-hybridized carbons (Fsp3) is 0.133. The third-order valence-corrected chi connectivity index (χ3v) is 2.92. The molecule has 0 spiro atoms. The first-order valence-electron chi connectivity index (χ1n) is 6.17. The lowest BCUT2D eigenvalue weighted by Crippen LogP contribution is -2.14. The Balaban J connectivity index is 2.34. The second-order valence-corrected chi connectivity index (χ2v) is 4.30. The number of hydrogen-bond acceptors (Lipinski definition) is 5. The van der Waals surface area contributed by atoms with Crippen LogP contribution in [0.3, 0.4) is 0 Å². The van der Waals surface area contributed by atoms with E-state index >= 15 is 0 Å². The molecule has 2 aromatic carbocycles. The van der Waals surface area contributed by atoms with Gasteiger partial charge in [0.15, 0.2) is 0 Å². The number of anilines is 2. The van der Waals surface area contributed by atoms with Crippen LogP contribution in [0.5, 0.6) is 17.2 Å². The second-order valence-electron chi connectivity index (χ2n) is 4.30. The number of phenolic OH excluding ortho intramolecular Hbond substituents is 1. The van der Waals surface area contributed by atoms with Crippen molar-refractivity contribution in [3.63, 3.8) is 0 Å². The molecule has 0 radical (unpaired) electrons. The Hall–Kier alpha value is -2.89. The molecule has 0 fully saturated rings. The van der Waals surface area contributed by atoms with Crippen LogP contribution in [-0.2, 0) is 0 Å². The molecule has 0 atom stereocenters. The molecule has 21 heavy (non-hydrogen) atoms. The normalized spacial score (nSPS) is 10.0. The zero-order valence-corrected chi connectivity index (χ0v) is 11.7. The number of nitrogens with two attached hydrogens (primary N) is 1. The first-order valence-corrected chi connectivity index (χ1v) is 6.17. The largest absolute Gasteiger partial charge is 0.508 e. The number of nitrogen functional groups attached to an aromatic ring is 1. The molecule has 6 heteroatoms. The van der Waals surface area contributed by atoms with Crippen molar-refractivity contribution in [3.05, 3.63) is 42.0 Å². The molecule has 0 aliphatic carbocycles. The van der Waals surface area contributed by atoms with Crippen molar-refractivity contribution in [2.45, 2.75) is 0 Å². The molecule has 0 aliphatic rings. The Morgan fingerprint density at radius 3 is 2.57 bits per heavy atom. The smallest absolute Gasteiger partial charge is 0.258 e. The number of hydrogen-bond donors (Lipinski definition) is 3. The second kappa shape index (κ2) is 6.04. The minimum atomic E-state index is -0.421. The number of phenols is 1. The summed E-state index contributed by atoms with van der Waals surface area (Å²) in [4.78, 5) is 12.3. The van der Waals surface area contributed by atoms with Gasteiger partial charge in [0.25, 0.3) is 5.91 Å². The third-order valence-electron chi connectivity index (χ3n) is 2.92. The summed E-state index contributed by atoms with van der Waals surface area (Å²) in [7, 11) is 2.95. The van der Waals surface area contributed by atoms with Crippen molar-refractivity contribution in [3.8, 4) is 17.2 Å². The van der Waals surface area contributed by atoms with E-state index in [1.54, 1.807) is 18.2 Å². The molecule has 6 nitrogen and oxygen atoms in total. The molecule has 0 bridgehead atoms. The van der Waals surface area contributed by atoms with E-state index in [0.717, 1.165) is 0 Å². The molecule has 110 valence electrons. The molecule has 0 aromatic heterocycles. The average molecular weight is 288 g/mol. The number of carbonyl (C=O) groups excluding carboxylic acids is 1. The number of benzene rings is 2. The van der Waals surface area contributed by atoms with Gasteiger partial charge in [-0.1, -0.05) is 6.07 Å². The predicted molar refractivity (Wildman–Crippen MR) is 80.0 cm³/mol. The van der Waals surface area contributed by atoms with E-state index in [0.29, 0.717) is 17.2 Å². The maximum atomic E-state index is 12.3. The summed E-state index contributed by atoms with van der Waals surface area (Å²) in [6, 6.07) is 9.35. The molecule has 1 amide bonds. The molecule has 0 saturated carbocycles. The molecule has 2 rings (SSSR count). The standard InChI is InChI=1S/C15H16N2O4/c1-20-11-7-12(14(16)13(8-11)21-2)15(19)17-9-4-3-5-10(18)6-9/h3-8,18H,16H2,1-2H3,(H,17,19). The summed E-state index contributed by atoms with van der Waals surface area (Å²) in [6.07, 6.45) is 0. The zero-order valence-electron chi connectivity index (χ0n) is 11.7. The van der Waals surface area contributed by atoms with Crippen LogP contribution in [-0.4, -0.2) is 25.2 Å². The van der Waals surface area contributed by atoms with Crippen molar-refractivity contribution >= 4 is 17.3 Å². The highest BCUT2D eigenvalue weighted by atomic mass is 16.5. The van der Waals surface area contributed by atoms with Crippen molar-refractivity contribution < 1.29 is 19.4 Å². The predicted octanol–water partition coefficient (Wildman–Crippen LogP) is 2.24. The number of rotatable bonds is 4. The highest BCUT2D eigenvalue weighted by Gasteiger charge is 2.16. The van der Waals surface area contributed by atoms with Gasteiger partial charge in [0.05, 0.1) is 25.5 Å². The summed E-state index contributed by atoms with van der Waals surface area (Å²) in [5.74, 6) is 0.455. The highest BCUT2D eigenvalue weighted by molar-refractivity contribution is 6.08. The lowest BCUT2D eigenvalue weighted by Gasteiger charge is -2.13. The fourth-order valence-corrected chi connectivity index (χ4v) is 1.86. The van der Waals surface area contributed by atoms with Gasteiger partial charge in [-0.25, -0.2) is 0 Å². The first kappa shape index (κ1) is 14.5. The van der Waals surface area contributed by atoms with Gasteiger partial charge in [0.1, 0.15) is 17.2 Å². The Morgan fingerprint density at radius 1 is 1.19 bits per heavy atom. The average Bonchev–Trinajstić information content (AvgIpc) is 2.47. The van der Waals surface area contributed by atoms with E-state index in [-0.39, 0.29) is 17.0 Å². The number of amides is 1. The number of aromatic hydroxyl groups is 1. The molecule has 0 saturated heterocycles. The van der Waals surface area contributed by atoms with Gasteiger partial charge in [-0.05, 0) is 18.2 Å². The van der Waals surface area contributed by atoms with Gasteiger partial charge in [0, 0.05) is 17.8 Å². The van der Waals surface area contributed by atoms with E-state index < -0.39 is 5.91 Å². The van der Waals surface area contributed by atoms with E-state index in [2.05, 4.69) is 5.32 Å². The third kappa shape index (κ3) is 3.17. The minimum absolute atomic E-state index is 0.0593. The number of methoxy groups -OCH3 is 2. The van der Waals surface area contributed by atoms with Crippen LogP contribution in [0.15, 0.2) is 36.4 Å². The van der Waals surface area contributed by atoms with Gasteiger partial charge in [-0.3, -0.25) is 4.79 Å². The zero-order chi connectivity index (χ0) is 15.4. The van der Waals surface area contributed by atoms with Gasteiger partial charge < -0.3 is 25.6 Å². The Labute approximate surface area is 122 Å². The molecule has 0 unspecified atom stereocenters. The first-order chi connectivity index (χ1) is 10.0. The quantitative estimate of drug-likeness (QED) is 0.750. The van der Waals surface area contributed by atoms with Crippen molar-refractivity contribution in [2.24, 2.45) is 0 Å².